The molecule has 208 valence electrons. The van der Waals surface area contributed by atoms with Crippen LogP contribution in [-0.4, -0.2) is 6.54 Å². The second kappa shape index (κ2) is 8.83. The first-order valence-corrected chi connectivity index (χ1v) is 17.7. The summed E-state index contributed by atoms with van der Waals surface area (Å²) in [6.45, 7) is 5.38. The van der Waals surface area contributed by atoms with E-state index in [1.807, 2.05) is 45.3 Å². The molecule has 0 atom stereocenters. The summed E-state index contributed by atoms with van der Waals surface area (Å²) in [5.41, 5.74) is 8.29. The van der Waals surface area contributed by atoms with Gasteiger partial charge in [-0.1, -0.05) is 19.1 Å². The molecule has 43 heavy (non-hydrogen) atoms. The fourth-order valence-electron chi connectivity index (χ4n) is 6.58. The highest BCUT2D eigenvalue weighted by molar-refractivity contribution is 7.31. The predicted molar refractivity (Wildman–Crippen MR) is 190 cm³/mol. The van der Waals surface area contributed by atoms with Crippen LogP contribution in [0.3, 0.4) is 0 Å². The van der Waals surface area contributed by atoms with Gasteiger partial charge in [-0.15, -0.1) is 45.3 Å². The van der Waals surface area contributed by atoms with Gasteiger partial charge in [0.2, 0.25) is 0 Å². The summed E-state index contributed by atoms with van der Waals surface area (Å²) >= 11 is 7.40. The highest BCUT2D eigenvalue weighted by atomic mass is 32.1. The molecule has 1 N–H and O–H groups in total. The Bertz CT molecular complexity index is 2570. The zero-order valence-electron chi connectivity index (χ0n) is 23.3. The summed E-state index contributed by atoms with van der Waals surface area (Å²) in [6, 6.07) is 26.9. The van der Waals surface area contributed by atoms with Crippen molar-refractivity contribution in [3.8, 4) is 32.0 Å². The van der Waals surface area contributed by atoms with Crippen LogP contribution in [0.15, 0.2) is 81.6 Å². The number of anilines is 1. The molecule has 0 saturated carbocycles. The quantitative estimate of drug-likeness (QED) is 0.152. The third kappa shape index (κ3) is 3.56. The van der Waals surface area contributed by atoms with Crippen LogP contribution in [-0.2, 0) is 0 Å². The predicted octanol–water partition coefficient (Wildman–Crippen LogP) is 13.0. The number of hydrogen-bond acceptors (Lipinski definition) is 7. The maximum absolute atomic E-state index is 6.72. The van der Waals surface area contributed by atoms with Gasteiger partial charge in [0, 0.05) is 61.9 Å². The van der Waals surface area contributed by atoms with Crippen LogP contribution in [0.5, 0.6) is 0 Å². The maximum Gasteiger partial charge on any atom is 0.136 e. The average Bonchev–Trinajstić information content (AvgIpc) is 3.76. The van der Waals surface area contributed by atoms with Gasteiger partial charge in [0.15, 0.2) is 0 Å². The van der Waals surface area contributed by atoms with Gasteiger partial charge in [0.25, 0.3) is 0 Å². The van der Waals surface area contributed by atoms with Crippen LogP contribution in [0.1, 0.15) is 18.2 Å². The highest BCUT2D eigenvalue weighted by Crippen LogP contribution is 2.51. The summed E-state index contributed by atoms with van der Waals surface area (Å²) in [6.07, 6.45) is 1.13. The average molecular weight is 630 g/mol. The monoisotopic (exact) mass is 629 g/mol. The Morgan fingerprint density at radius 3 is 1.70 bits per heavy atom. The van der Waals surface area contributed by atoms with Crippen LogP contribution >= 0.6 is 45.3 Å². The molecule has 0 radical (unpaired) electrons. The van der Waals surface area contributed by atoms with Crippen molar-refractivity contribution in [2.75, 3.05) is 11.9 Å². The molecule has 0 unspecified atom stereocenters. The summed E-state index contributed by atoms with van der Waals surface area (Å²) in [5.74, 6) is 0. The molecule has 2 aliphatic rings. The van der Waals surface area contributed by atoms with Gasteiger partial charge < -0.3 is 14.2 Å². The molecule has 0 fully saturated rings. The number of hydrogen-bond donors (Lipinski definition) is 1. The first-order chi connectivity index (χ1) is 21.1. The van der Waals surface area contributed by atoms with Gasteiger partial charge in [-0.25, -0.2) is 0 Å². The first-order valence-electron chi connectivity index (χ1n) is 14.5. The Balaban J connectivity index is 1.16. The SMILES string of the molecule is CCCNc1cc2sc(-c3cc4ccc5oc6cc(-c7cc8sc(C)cc8s7)cc7ccc8oc(c3)c4c5-c8c76)cc2s1. The van der Waals surface area contributed by atoms with Crippen molar-refractivity contribution >= 4 is 113 Å². The zero-order valence-corrected chi connectivity index (χ0v) is 26.6. The van der Waals surface area contributed by atoms with E-state index in [2.05, 4.69) is 92.0 Å². The molecule has 0 aliphatic carbocycles. The van der Waals surface area contributed by atoms with E-state index in [0.29, 0.717) is 0 Å². The third-order valence-corrected chi connectivity index (χ3v) is 13.0. The highest BCUT2D eigenvalue weighted by Gasteiger charge is 2.25. The summed E-state index contributed by atoms with van der Waals surface area (Å²) in [7, 11) is 0. The largest absolute Gasteiger partial charge is 0.456 e. The number of rotatable bonds is 5. The molecular weight excluding hydrogens is 607 g/mol. The Morgan fingerprint density at radius 2 is 1.14 bits per heavy atom. The van der Waals surface area contributed by atoms with Gasteiger partial charge >= 0.3 is 0 Å². The van der Waals surface area contributed by atoms with Crippen molar-refractivity contribution in [1.82, 2.24) is 0 Å². The molecule has 2 aliphatic heterocycles. The molecule has 10 rings (SSSR count). The standard InChI is InChI=1S/C36H23NO2S4/c1-3-8-37-32-16-31-30(43-32)15-27(42-31)21-11-19-5-7-22-36-34(19)25(13-21)39-23-6-4-18-10-20(12-24(38-22)33(18)35(23)36)26-14-29-28(41-26)9-17(2)40-29/h4-7,9-16,37H,3,8H2,1-2H3. The van der Waals surface area contributed by atoms with Gasteiger partial charge in [-0.3, -0.25) is 0 Å². The Labute approximate surface area is 262 Å². The van der Waals surface area contributed by atoms with Crippen molar-refractivity contribution in [2.45, 2.75) is 20.3 Å². The summed E-state index contributed by atoms with van der Waals surface area (Å²) < 4.78 is 18.8. The Kier molecular flexibility index (Phi) is 5.04. The summed E-state index contributed by atoms with van der Waals surface area (Å²) in [5, 5.41) is 9.40. The minimum Gasteiger partial charge on any atom is -0.456 e. The molecule has 0 spiro atoms. The second-order valence-corrected chi connectivity index (χ2v) is 15.8. The van der Waals surface area contributed by atoms with E-state index >= 15 is 0 Å². The van der Waals surface area contributed by atoms with Gasteiger partial charge in [0.1, 0.15) is 22.3 Å². The molecule has 6 heterocycles. The minimum absolute atomic E-state index is 0.897. The number of thiophene rings is 4. The third-order valence-electron chi connectivity index (χ3n) is 8.43. The molecule has 3 nitrogen and oxygen atoms in total. The van der Waals surface area contributed by atoms with Crippen LogP contribution in [0, 0.1) is 6.92 Å². The first kappa shape index (κ1) is 24.6. The topological polar surface area (TPSA) is 38.3 Å². The van der Waals surface area contributed by atoms with E-state index in [9.17, 15) is 0 Å². The fraction of sp³-hybridized carbons (Fsp3) is 0.111. The van der Waals surface area contributed by atoms with Crippen molar-refractivity contribution in [1.29, 1.82) is 0 Å². The molecule has 7 heteroatoms. The normalized spacial score (nSPS) is 12.6. The molecule has 4 aromatic heterocycles. The molecule has 8 aromatic rings. The number of fused-ring (bicyclic) bond motifs is 2. The van der Waals surface area contributed by atoms with Crippen LogP contribution < -0.4 is 5.32 Å². The maximum atomic E-state index is 6.72. The molecule has 0 saturated heterocycles. The van der Waals surface area contributed by atoms with Crippen molar-refractivity contribution in [2.24, 2.45) is 0 Å². The zero-order chi connectivity index (χ0) is 28.4. The van der Waals surface area contributed by atoms with Gasteiger partial charge in [0.05, 0.1) is 5.00 Å². The smallest absolute Gasteiger partial charge is 0.136 e. The van der Waals surface area contributed by atoms with Crippen molar-refractivity contribution in [3.63, 3.8) is 0 Å². The van der Waals surface area contributed by atoms with E-state index < -0.39 is 0 Å². The van der Waals surface area contributed by atoms with E-state index in [1.54, 1.807) is 0 Å². The lowest BCUT2D eigenvalue weighted by Crippen LogP contribution is -1.96. The molecule has 0 amide bonds. The van der Waals surface area contributed by atoms with Crippen molar-refractivity contribution < 1.29 is 8.83 Å². The van der Waals surface area contributed by atoms with Crippen LogP contribution in [0.25, 0.3) is 94.7 Å². The summed E-state index contributed by atoms with van der Waals surface area (Å²) in [4.78, 5) is 3.90. The molecular formula is C36H23NO2S4. The number of benzene rings is 4. The molecule has 0 bridgehead atoms. The van der Waals surface area contributed by atoms with E-state index in [4.69, 9.17) is 8.83 Å². The van der Waals surface area contributed by atoms with Gasteiger partial charge in [-0.05, 0) is 95.9 Å². The number of aryl methyl sites for hydroxylation is 1. The molecule has 4 aromatic carbocycles. The van der Waals surface area contributed by atoms with Crippen molar-refractivity contribution in [3.05, 3.63) is 77.7 Å². The fourth-order valence-corrected chi connectivity index (χ4v) is 11.2. The van der Waals surface area contributed by atoms with Crippen LogP contribution in [0.2, 0.25) is 0 Å². The lowest BCUT2D eigenvalue weighted by atomic mass is 9.89. The van der Waals surface area contributed by atoms with Gasteiger partial charge in [-0.2, -0.15) is 0 Å². The second-order valence-electron chi connectivity index (χ2n) is 11.3. The lowest BCUT2D eigenvalue weighted by molar-refractivity contribution is 0.646. The Morgan fingerprint density at radius 1 is 0.581 bits per heavy atom. The van der Waals surface area contributed by atoms with E-state index in [0.717, 1.165) is 57.2 Å². The van der Waals surface area contributed by atoms with E-state index in [-0.39, 0.29) is 0 Å². The van der Waals surface area contributed by atoms with E-state index in [1.165, 1.54) is 60.3 Å². The number of nitrogens with one attached hydrogen (secondary N) is 1. The minimum atomic E-state index is 0.897. The Hall–Kier alpha value is -3.88. The van der Waals surface area contributed by atoms with Crippen LogP contribution in [0.4, 0.5) is 5.00 Å². The lowest BCUT2D eigenvalue weighted by Gasteiger charge is -2.20.